The van der Waals surface area contributed by atoms with Crippen LogP contribution in [0.2, 0.25) is 0 Å². The minimum atomic E-state index is -0.410. The van der Waals surface area contributed by atoms with E-state index >= 15 is 0 Å². The Labute approximate surface area is 167 Å². The van der Waals surface area contributed by atoms with Gasteiger partial charge in [-0.1, -0.05) is 32.0 Å². The number of hydrogen-bond acceptors (Lipinski definition) is 6. The van der Waals surface area contributed by atoms with Gasteiger partial charge in [0.1, 0.15) is 11.3 Å². The fourth-order valence-electron chi connectivity index (χ4n) is 2.99. The van der Waals surface area contributed by atoms with Crippen molar-refractivity contribution in [2.24, 2.45) is 5.92 Å². The lowest BCUT2D eigenvalue weighted by atomic mass is 10.1. The van der Waals surface area contributed by atoms with Crippen molar-refractivity contribution < 1.29 is 18.6 Å². The molecule has 0 radical (unpaired) electrons. The molecule has 0 unspecified atom stereocenters. The van der Waals surface area contributed by atoms with Gasteiger partial charge in [-0.2, -0.15) is 0 Å². The molecule has 0 aliphatic rings. The summed E-state index contributed by atoms with van der Waals surface area (Å²) in [6.45, 7) is 6.67. The standard InChI is InChI=1S/C22H21N3O4/c1-13(2)12-27-16-10-8-15(9-11-16)19-21(25-29-24-19)23-22(26)20-14(3)17-6-4-5-7-18(17)28-20/h4-11,13H,12H2,1-3H3,(H,23,25,26). The summed E-state index contributed by atoms with van der Waals surface area (Å²) in [4.78, 5) is 12.8. The van der Waals surface area contributed by atoms with Crippen molar-refractivity contribution in [3.8, 4) is 17.0 Å². The van der Waals surface area contributed by atoms with Gasteiger partial charge in [-0.25, -0.2) is 4.63 Å². The van der Waals surface area contributed by atoms with Gasteiger partial charge in [0, 0.05) is 16.5 Å². The number of anilines is 1. The second-order valence-electron chi connectivity index (χ2n) is 7.20. The predicted octanol–water partition coefficient (Wildman–Crippen LogP) is 5.08. The first-order valence-corrected chi connectivity index (χ1v) is 9.38. The normalized spacial score (nSPS) is 11.2. The van der Waals surface area contributed by atoms with E-state index in [2.05, 4.69) is 29.5 Å². The molecule has 0 saturated carbocycles. The molecule has 0 saturated heterocycles. The zero-order valence-corrected chi connectivity index (χ0v) is 16.4. The summed E-state index contributed by atoms with van der Waals surface area (Å²) < 4.78 is 16.3. The number of nitrogens with one attached hydrogen (secondary N) is 1. The highest BCUT2D eigenvalue weighted by Crippen LogP contribution is 2.29. The van der Waals surface area contributed by atoms with Crippen molar-refractivity contribution >= 4 is 22.7 Å². The van der Waals surface area contributed by atoms with E-state index in [-0.39, 0.29) is 11.6 Å². The number of amides is 1. The summed E-state index contributed by atoms with van der Waals surface area (Å²) in [5.74, 6) is 1.26. The maximum Gasteiger partial charge on any atom is 0.292 e. The highest BCUT2D eigenvalue weighted by molar-refractivity contribution is 6.07. The van der Waals surface area contributed by atoms with Gasteiger partial charge in [-0.15, -0.1) is 0 Å². The molecule has 7 heteroatoms. The van der Waals surface area contributed by atoms with Gasteiger partial charge in [0.15, 0.2) is 11.5 Å². The third-order valence-corrected chi connectivity index (χ3v) is 4.48. The Morgan fingerprint density at radius 1 is 1.10 bits per heavy atom. The fraction of sp³-hybridized carbons (Fsp3) is 0.227. The number of aryl methyl sites for hydroxylation is 1. The maximum atomic E-state index is 12.8. The van der Waals surface area contributed by atoms with Gasteiger partial charge >= 0.3 is 0 Å². The minimum absolute atomic E-state index is 0.228. The monoisotopic (exact) mass is 391 g/mol. The summed E-state index contributed by atoms with van der Waals surface area (Å²) in [5.41, 5.74) is 2.61. The number of rotatable bonds is 6. The molecule has 2 aromatic carbocycles. The van der Waals surface area contributed by atoms with Crippen LogP contribution in [0.1, 0.15) is 30.0 Å². The maximum absolute atomic E-state index is 12.8. The third kappa shape index (κ3) is 3.85. The average Bonchev–Trinajstić information content (AvgIpc) is 3.31. The molecule has 29 heavy (non-hydrogen) atoms. The minimum Gasteiger partial charge on any atom is -0.493 e. The third-order valence-electron chi connectivity index (χ3n) is 4.48. The van der Waals surface area contributed by atoms with Gasteiger partial charge < -0.3 is 9.15 Å². The molecule has 0 bridgehead atoms. The zero-order chi connectivity index (χ0) is 20.4. The Morgan fingerprint density at radius 2 is 1.86 bits per heavy atom. The number of carbonyl (C=O) groups is 1. The molecule has 0 spiro atoms. The van der Waals surface area contributed by atoms with Crippen LogP contribution in [0.5, 0.6) is 5.75 Å². The first-order chi connectivity index (χ1) is 14.0. The lowest BCUT2D eigenvalue weighted by Gasteiger charge is -2.08. The molecular weight excluding hydrogens is 370 g/mol. The van der Waals surface area contributed by atoms with E-state index in [1.165, 1.54) is 0 Å². The van der Waals surface area contributed by atoms with Gasteiger partial charge in [-0.05, 0) is 53.5 Å². The van der Waals surface area contributed by atoms with Crippen LogP contribution in [0.3, 0.4) is 0 Å². The Bertz CT molecular complexity index is 1140. The van der Waals surface area contributed by atoms with Crippen molar-refractivity contribution in [3.05, 3.63) is 59.9 Å². The fourth-order valence-corrected chi connectivity index (χ4v) is 2.99. The Kier molecular flexibility index (Phi) is 5.03. The average molecular weight is 391 g/mol. The number of carbonyl (C=O) groups excluding carboxylic acids is 1. The van der Waals surface area contributed by atoms with Crippen molar-refractivity contribution in [2.75, 3.05) is 11.9 Å². The van der Waals surface area contributed by atoms with Gasteiger partial charge in [-0.3, -0.25) is 10.1 Å². The molecule has 0 aliphatic carbocycles. The van der Waals surface area contributed by atoms with Gasteiger partial charge in [0.05, 0.1) is 6.61 Å². The number of furan rings is 1. The van der Waals surface area contributed by atoms with Crippen LogP contribution in [-0.4, -0.2) is 22.8 Å². The molecule has 2 heterocycles. The largest absolute Gasteiger partial charge is 0.493 e. The number of aromatic nitrogens is 2. The number of para-hydroxylation sites is 1. The smallest absolute Gasteiger partial charge is 0.292 e. The summed E-state index contributed by atoms with van der Waals surface area (Å²) in [7, 11) is 0. The molecule has 7 nitrogen and oxygen atoms in total. The predicted molar refractivity (Wildman–Crippen MR) is 109 cm³/mol. The molecule has 4 rings (SSSR count). The molecule has 2 aromatic heterocycles. The number of hydrogen-bond donors (Lipinski definition) is 1. The van der Waals surface area contributed by atoms with Crippen LogP contribution < -0.4 is 10.1 Å². The first-order valence-electron chi connectivity index (χ1n) is 9.38. The van der Waals surface area contributed by atoms with Crippen LogP contribution in [0.4, 0.5) is 5.82 Å². The Hall–Kier alpha value is -3.61. The van der Waals surface area contributed by atoms with Gasteiger partial charge in [0.2, 0.25) is 5.82 Å². The molecule has 0 aliphatic heterocycles. The number of benzene rings is 2. The Morgan fingerprint density at radius 3 is 2.59 bits per heavy atom. The molecule has 1 N–H and O–H groups in total. The quantitative estimate of drug-likeness (QED) is 0.493. The van der Waals surface area contributed by atoms with Crippen molar-refractivity contribution in [2.45, 2.75) is 20.8 Å². The molecule has 148 valence electrons. The van der Waals surface area contributed by atoms with Crippen molar-refractivity contribution in [3.63, 3.8) is 0 Å². The van der Waals surface area contributed by atoms with Crippen molar-refractivity contribution in [1.82, 2.24) is 10.3 Å². The highest BCUT2D eigenvalue weighted by Gasteiger charge is 2.21. The van der Waals surface area contributed by atoms with E-state index in [9.17, 15) is 4.79 Å². The zero-order valence-electron chi connectivity index (χ0n) is 16.4. The molecule has 1 amide bonds. The number of nitrogens with zero attached hydrogens (tertiary/aromatic N) is 2. The van der Waals surface area contributed by atoms with E-state index in [0.717, 1.165) is 22.3 Å². The summed E-state index contributed by atoms with van der Waals surface area (Å²) >= 11 is 0. The molecule has 4 aromatic rings. The number of ether oxygens (including phenoxy) is 1. The first kappa shape index (κ1) is 18.7. The number of fused-ring (bicyclic) bond motifs is 1. The lowest BCUT2D eigenvalue weighted by molar-refractivity contribution is 0.0997. The summed E-state index contributed by atoms with van der Waals surface area (Å²) in [6, 6.07) is 14.9. The second kappa shape index (κ2) is 7.79. The topological polar surface area (TPSA) is 90.4 Å². The van der Waals surface area contributed by atoms with Crippen LogP contribution in [0.15, 0.2) is 57.6 Å². The molecular formula is C22H21N3O4. The molecule has 0 fully saturated rings. The summed E-state index contributed by atoms with van der Waals surface area (Å²) in [5, 5.41) is 11.4. The van der Waals surface area contributed by atoms with Crippen LogP contribution in [0.25, 0.3) is 22.2 Å². The van der Waals surface area contributed by atoms with Gasteiger partial charge in [0.25, 0.3) is 5.91 Å². The van der Waals surface area contributed by atoms with Crippen LogP contribution in [0, 0.1) is 12.8 Å². The Balaban J connectivity index is 1.54. The summed E-state index contributed by atoms with van der Waals surface area (Å²) in [6.07, 6.45) is 0. The lowest BCUT2D eigenvalue weighted by Crippen LogP contribution is -2.13. The van der Waals surface area contributed by atoms with Crippen molar-refractivity contribution in [1.29, 1.82) is 0 Å². The van der Waals surface area contributed by atoms with E-state index in [1.807, 2.05) is 55.5 Å². The SMILES string of the molecule is Cc1c(C(=O)Nc2nonc2-c2ccc(OCC(C)C)cc2)oc2ccccc12. The van der Waals surface area contributed by atoms with E-state index in [0.29, 0.717) is 23.8 Å². The van der Waals surface area contributed by atoms with E-state index < -0.39 is 5.91 Å². The highest BCUT2D eigenvalue weighted by atomic mass is 16.6. The second-order valence-corrected chi connectivity index (χ2v) is 7.20. The van der Waals surface area contributed by atoms with E-state index in [1.54, 1.807) is 0 Å². The molecule has 0 atom stereocenters. The van der Waals surface area contributed by atoms with E-state index in [4.69, 9.17) is 13.8 Å². The van der Waals surface area contributed by atoms with Crippen LogP contribution >= 0.6 is 0 Å². The van der Waals surface area contributed by atoms with Crippen LogP contribution in [-0.2, 0) is 0 Å².